The Morgan fingerprint density at radius 2 is 1.86 bits per heavy atom. The molecule has 2 aromatic carbocycles. The third-order valence-corrected chi connectivity index (χ3v) is 5.64. The summed E-state index contributed by atoms with van der Waals surface area (Å²) >= 11 is 3.67. The first-order valence-electron chi connectivity index (χ1n) is 9.72. The Labute approximate surface area is 176 Å². The topological polar surface area (TPSA) is 43.0 Å². The number of rotatable bonds is 9. The zero-order valence-electron chi connectivity index (χ0n) is 16.7. The predicted molar refractivity (Wildman–Crippen MR) is 115 cm³/mol. The summed E-state index contributed by atoms with van der Waals surface area (Å²) in [5, 5.41) is 3.54. The molecule has 1 aliphatic rings. The molecule has 1 fully saturated rings. The second-order valence-electron chi connectivity index (χ2n) is 6.96. The number of benzene rings is 2. The summed E-state index contributed by atoms with van der Waals surface area (Å²) in [5.41, 5.74) is 3.46. The highest BCUT2D eigenvalue weighted by Gasteiger charge is 2.15. The summed E-state index contributed by atoms with van der Waals surface area (Å²) in [7, 11) is 1.68. The van der Waals surface area contributed by atoms with E-state index >= 15 is 0 Å². The molecule has 5 nitrogen and oxygen atoms in total. The highest BCUT2D eigenvalue weighted by atomic mass is 79.9. The van der Waals surface area contributed by atoms with Crippen LogP contribution in [-0.2, 0) is 17.9 Å². The first-order valence-corrected chi connectivity index (χ1v) is 10.5. The van der Waals surface area contributed by atoms with Gasteiger partial charge in [-0.3, -0.25) is 4.90 Å². The van der Waals surface area contributed by atoms with Gasteiger partial charge in [0.1, 0.15) is 6.61 Å². The van der Waals surface area contributed by atoms with Crippen molar-refractivity contribution in [1.82, 2.24) is 10.2 Å². The molecule has 1 aliphatic heterocycles. The van der Waals surface area contributed by atoms with Crippen LogP contribution in [0.4, 0.5) is 0 Å². The molecule has 0 amide bonds. The van der Waals surface area contributed by atoms with Crippen LogP contribution < -0.4 is 14.8 Å². The van der Waals surface area contributed by atoms with Crippen molar-refractivity contribution in [2.45, 2.75) is 20.1 Å². The lowest BCUT2D eigenvalue weighted by Crippen LogP contribution is -2.40. The Kier molecular flexibility index (Phi) is 8.15. The van der Waals surface area contributed by atoms with Gasteiger partial charge in [0.15, 0.2) is 11.5 Å². The number of methoxy groups -OCH3 is 1. The zero-order chi connectivity index (χ0) is 19.8. The van der Waals surface area contributed by atoms with E-state index in [1.807, 2.05) is 12.1 Å². The van der Waals surface area contributed by atoms with Crippen LogP contribution in [0.2, 0.25) is 0 Å². The molecule has 0 bridgehead atoms. The predicted octanol–water partition coefficient (Wildman–Crippen LogP) is 3.77. The zero-order valence-corrected chi connectivity index (χ0v) is 18.3. The number of ether oxygens (including phenoxy) is 3. The quantitative estimate of drug-likeness (QED) is 0.591. The summed E-state index contributed by atoms with van der Waals surface area (Å²) in [6.45, 7) is 8.93. The molecule has 28 heavy (non-hydrogen) atoms. The average molecular weight is 449 g/mol. The Morgan fingerprint density at radius 1 is 1.11 bits per heavy atom. The van der Waals surface area contributed by atoms with Crippen LogP contribution >= 0.6 is 15.9 Å². The Balaban J connectivity index is 1.62. The van der Waals surface area contributed by atoms with Crippen molar-refractivity contribution < 1.29 is 14.2 Å². The molecule has 6 heteroatoms. The van der Waals surface area contributed by atoms with Crippen molar-refractivity contribution in [3.05, 3.63) is 57.6 Å². The van der Waals surface area contributed by atoms with Gasteiger partial charge in [-0.2, -0.15) is 0 Å². The number of hydrogen-bond donors (Lipinski definition) is 1. The average Bonchev–Trinajstić information content (AvgIpc) is 2.73. The number of halogens is 1. The molecule has 0 unspecified atom stereocenters. The van der Waals surface area contributed by atoms with Crippen LogP contribution in [0.25, 0.3) is 0 Å². The SMILES string of the molecule is COc1ccc(Br)c(CNCCN2CCOCC2)c1OCc1ccc(C)cc1. The van der Waals surface area contributed by atoms with E-state index in [1.54, 1.807) is 7.11 Å². The van der Waals surface area contributed by atoms with Gasteiger partial charge in [-0.25, -0.2) is 0 Å². The third kappa shape index (κ3) is 5.95. The Hall–Kier alpha value is -1.60. The number of aryl methyl sites for hydroxylation is 1. The van der Waals surface area contributed by atoms with Crippen molar-refractivity contribution >= 4 is 15.9 Å². The van der Waals surface area contributed by atoms with Crippen molar-refractivity contribution in [3.63, 3.8) is 0 Å². The van der Waals surface area contributed by atoms with Gasteiger partial charge in [0.05, 0.1) is 20.3 Å². The minimum absolute atomic E-state index is 0.508. The van der Waals surface area contributed by atoms with Crippen molar-refractivity contribution in [2.75, 3.05) is 46.5 Å². The second-order valence-corrected chi connectivity index (χ2v) is 7.82. The highest BCUT2D eigenvalue weighted by Crippen LogP contribution is 2.36. The number of nitrogens with one attached hydrogen (secondary N) is 1. The van der Waals surface area contributed by atoms with Crippen molar-refractivity contribution in [1.29, 1.82) is 0 Å². The fourth-order valence-corrected chi connectivity index (χ4v) is 3.63. The van der Waals surface area contributed by atoms with Crippen LogP contribution in [0.3, 0.4) is 0 Å². The lowest BCUT2D eigenvalue weighted by atomic mass is 10.1. The smallest absolute Gasteiger partial charge is 0.167 e. The van der Waals surface area contributed by atoms with E-state index in [1.165, 1.54) is 5.56 Å². The van der Waals surface area contributed by atoms with Gasteiger partial charge >= 0.3 is 0 Å². The Morgan fingerprint density at radius 3 is 2.57 bits per heavy atom. The maximum atomic E-state index is 6.19. The largest absolute Gasteiger partial charge is 0.493 e. The lowest BCUT2D eigenvalue weighted by molar-refractivity contribution is 0.0384. The van der Waals surface area contributed by atoms with Crippen LogP contribution in [0, 0.1) is 6.92 Å². The highest BCUT2D eigenvalue weighted by molar-refractivity contribution is 9.10. The number of morpholine rings is 1. The van der Waals surface area contributed by atoms with Crippen molar-refractivity contribution in [3.8, 4) is 11.5 Å². The molecule has 3 rings (SSSR count). The number of hydrogen-bond acceptors (Lipinski definition) is 5. The summed E-state index contributed by atoms with van der Waals surface area (Å²) in [6.07, 6.45) is 0. The van der Waals surface area contributed by atoms with Crippen LogP contribution in [-0.4, -0.2) is 51.4 Å². The molecule has 1 heterocycles. The monoisotopic (exact) mass is 448 g/mol. The molecule has 1 N–H and O–H groups in total. The summed E-state index contributed by atoms with van der Waals surface area (Å²) in [6, 6.07) is 12.3. The third-order valence-electron chi connectivity index (χ3n) is 4.90. The van der Waals surface area contributed by atoms with Gasteiger partial charge in [-0.1, -0.05) is 45.8 Å². The van der Waals surface area contributed by atoms with E-state index < -0.39 is 0 Å². The minimum atomic E-state index is 0.508. The van der Waals surface area contributed by atoms with E-state index in [0.29, 0.717) is 13.2 Å². The molecule has 0 radical (unpaired) electrons. The van der Waals surface area contributed by atoms with E-state index in [2.05, 4.69) is 57.3 Å². The number of nitrogens with zero attached hydrogens (tertiary/aromatic N) is 1. The van der Waals surface area contributed by atoms with E-state index in [0.717, 1.165) is 66.5 Å². The molecule has 0 saturated carbocycles. The van der Waals surface area contributed by atoms with Crippen molar-refractivity contribution in [2.24, 2.45) is 0 Å². The molecule has 152 valence electrons. The lowest BCUT2D eigenvalue weighted by Gasteiger charge is -2.26. The fraction of sp³-hybridized carbons (Fsp3) is 0.455. The van der Waals surface area contributed by atoms with Gasteiger partial charge in [-0.15, -0.1) is 0 Å². The van der Waals surface area contributed by atoms with Crippen LogP contribution in [0.5, 0.6) is 11.5 Å². The molecule has 1 saturated heterocycles. The summed E-state index contributed by atoms with van der Waals surface area (Å²) in [4.78, 5) is 2.42. The first kappa shape index (κ1) is 21.1. The molecule has 2 aromatic rings. The van der Waals surface area contributed by atoms with Gasteiger partial charge in [0.25, 0.3) is 0 Å². The van der Waals surface area contributed by atoms with Gasteiger partial charge in [-0.05, 0) is 24.6 Å². The van der Waals surface area contributed by atoms with E-state index in [9.17, 15) is 0 Å². The molecule has 0 spiro atoms. The van der Waals surface area contributed by atoms with Gasteiger partial charge < -0.3 is 19.5 Å². The van der Waals surface area contributed by atoms with Crippen LogP contribution in [0.15, 0.2) is 40.9 Å². The van der Waals surface area contributed by atoms with E-state index in [-0.39, 0.29) is 0 Å². The second kappa shape index (κ2) is 10.8. The summed E-state index contributed by atoms with van der Waals surface area (Å²) in [5.74, 6) is 1.54. The maximum Gasteiger partial charge on any atom is 0.167 e. The fourth-order valence-electron chi connectivity index (χ4n) is 3.18. The molecular weight excluding hydrogens is 420 g/mol. The van der Waals surface area contributed by atoms with Gasteiger partial charge in [0, 0.05) is 42.8 Å². The molecule has 0 aromatic heterocycles. The molecule has 0 atom stereocenters. The van der Waals surface area contributed by atoms with Crippen LogP contribution in [0.1, 0.15) is 16.7 Å². The molecular formula is C22H29BrN2O3. The minimum Gasteiger partial charge on any atom is -0.493 e. The Bertz CT molecular complexity index is 746. The molecule has 0 aliphatic carbocycles. The standard InChI is InChI=1S/C22H29BrN2O3/c1-17-3-5-18(6-4-17)16-28-22-19(20(23)7-8-21(22)26-2)15-24-9-10-25-11-13-27-14-12-25/h3-8,24H,9-16H2,1-2H3. The van der Waals surface area contributed by atoms with E-state index in [4.69, 9.17) is 14.2 Å². The maximum absolute atomic E-state index is 6.19. The summed E-state index contributed by atoms with van der Waals surface area (Å²) < 4.78 is 18.2. The normalized spacial score (nSPS) is 14.8. The first-order chi connectivity index (χ1) is 13.7. The van der Waals surface area contributed by atoms with Gasteiger partial charge in [0.2, 0.25) is 0 Å².